The number of hydrogen-bond donors (Lipinski definition) is 0. The monoisotopic (exact) mass is 331 g/mol. The Morgan fingerprint density at radius 2 is 2.09 bits per heavy atom. The molecule has 0 amide bonds. The SMILES string of the molecule is Clc1ccc2nc(OC3CCN(c4ccncc4)C3)sc2c1. The van der Waals surface area contributed by atoms with Crippen molar-refractivity contribution in [1.29, 1.82) is 0 Å². The molecule has 0 bridgehead atoms. The van der Waals surface area contributed by atoms with Gasteiger partial charge in [-0.15, -0.1) is 0 Å². The summed E-state index contributed by atoms with van der Waals surface area (Å²) in [4.78, 5) is 10.9. The Morgan fingerprint density at radius 1 is 1.23 bits per heavy atom. The molecule has 3 heterocycles. The Labute approximate surface area is 137 Å². The van der Waals surface area contributed by atoms with Crippen LogP contribution < -0.4 is 9.64 Å². The van der Waals surface area contributed by atoms with Crippen LogP contribution in [0.5, 0.6) is 5.19 Å². The molecule has 1 aliphatic heterocycles. The zero-order chi connectivity index (χ0) is 14.9. The standard InChI is InChI=1S/C16H14ClN3OS/c17-11-1-2-14-15(9-11)22-16(19-14)21-13-5-8-20(10-13)12-3-6-18-7-4-12/h1-4,6-7,9,13H,5,8,10H2. The summed E-state index contributed by atoms with van der Waals surface area (Å²) >= 11 is 7.56. The highest BCUT2D eigenvalue weighted by molar-refractivity contribution is 7.20. The molecule has 4 rings (SSSR count). The van der Waals surface area contributed by atoms with Gasteiger partial charge in [0, 0.05) is 36.1 Å². The molecule has 1 aliphatic rings. The molecule has 0 radical (unpaired) electrons. The van der Waals surface area contributed by atoms with Gasteiger partial charge in [0.2, 0.25) is 0 Å². The Morgan fingerprint density at radius 3 is 2.95 bits per heavy atom. The first-order valence-corrected chi connectivity index (χ1v) is 8.35. The second-order valence-electron chi connectivity index (χ2n) is 5.27. The van der Waals surface area contributed by atoms with E-state index in [4.69, 9.17) is 16.3 Å². The molecular weight excluding hydrogens is 318 g/mol. The van der Waals surface area contributed by atoms with Crippen molar-refractivity contribution in [1.82, 2.24) is 9.97 Å². The Hall–Kier alpha value is -1.85. The van der Waals surface area contributed by atoms with Crippen molar-refractivity contribution in [3.05, 3.63) is 47.7 Å². The Bertz CT molecular complexity index is 792. The lowest BCUT2D eigenvalue weighted by atomic mass is 10.3. The van der Waals surface area contributed by atoms with E-state index in [1.165, 1.54) is 5.69 Å². The minimum Gasteiger partial charge on any atom is -0.465 e. The van der Waals surface area contributed by atoms with Gasteiger partial charge in [0.1, 0.15) is 6.10 Å². The fourth-order valence-electron chi connectivity index (χ4n) is 2.68. The van der Waals surface area contributed by atoms with Crippen molar-refractivity contribution >= 4 is 38.8 Å². The largest absolute Gasteiger partial charge is 0.465 e. The topological polar surface area (TPSA) is 38.2 Å². The number of halogens is 1. The number of fused-ring (bicyclic) bond motifs is 1. The molecule has 22 heavy (non-hydrogen) atoms. The lowest BCUT2D eigenvalue weighted by Gasteiger charge is -2.17. The van der Waals surface area contributed by atoms with Crippen LogP contribution in [0.2, 0.25) is 5.02 Å². The minimum absolute atomic E-state index is 0.171. The highest BCUT2D eigenvalue weighted by atomic mass is 35.5. The number of hydrogen-bond acceptors (Lipinski definition) is 5. The van der Waals surface area contributed by atoms with Crippen molar-refractivity contribution in [2.45, 2.75) is 12.5 Å². The molecule has 1 fully saturated rings. The van der Waals surface area contributed by atoms with E-state index in [-0.39, 0.29) is 6.10 Å². The van der Waals surface area contributed by atoms with Gasteiger partial charge in [-0.05, 0) is 30.3 Å². The van der Waals surface area contributed by atoms with E-state index in [0.717, 1.165) is 39.9 Å². The minimum atomic E-state index is 0.171. The molecule has 1 atom stereocenters. The molecule has 0 saturated carbocycles. The van der Waals surface area contributed by atoms with Gasteiger partial charge < -0.3 is 9.64 Å². The van der Waals surface area contributed by atoms with Crippen molar-refractivity contribution in [3.8, 4) is 5.19 Å². The maximum Gasteiger partial charge on any atom is 0.274 e. The molecule has 4 nitrogen and oxygen atoms in total. The number of pyridine rings is 1. The van der Waals surface area contributed by atoms with Crippen LogP contribution in [-0.4, -0.2) is 29.2 Å². The van der Waals surface area contributed by atoms with E-state index in [1.54, 1.807) is 11.3 Å². The molecule has 3 aromatic rings. The van der Waals surface area contributed by atoms with E-state index in [0.29, 0.717) is 0 Å². The van der Waals surface area contributed by atoms with Gasteiger partial charge in [0.25, 0.3) is 5.19 Å². The van der Waals surface area contributed by atoms with Crippen LogP contribution in [-0.2, 0) is 0 Å². The molecule has 0 N–H and O–H groups in total. The fourth-order valence-corrected chi connectivity index (χ4v) is 3.84. The number of thiazole rings is 1. The summed E-state index contributed by atoms with van der Waals surface area (Å²) in [7, 11) is 0. The average molecular weight is 332 g/mol. The van der Waals surface area contributed by atoms with Crippen molar-refractivity contribution in [2.75, 3.05) is 18.0 Å². The van der Waals surface area contributed by atoms with Gasteiger partial charge in [-0.1, -0.05) is 22.9 Å². The molecule has 2 aromatic heterocycles. The predicted octanol–water partition coefficient (Wildman–Crippen LogP) is 4.00. The molecule has 1 unspecified atom stereocenters. The van der Waals surface area contributed by atoms with Crippen LogP contribution in [0.15, 0.2) is 42.7 Å². The molecular formula is C16H14ClN3OS. The first-order chi connectivity index (χ1) is 10.8. The number of aromatic nitrogens is 2. The van der Waals surface area contributed by atoms with Gasteiger partial charge in [0.05, 0.1) is 16.8 Å². The van der Waals surface area contributed by atoms with E-state index in [1.807, 2.05) is 42.7 Å². The van der Waals surface area contributed by atoms with Gasteiger partial charge >= 0.3 is 0 Å². The van der Waals surface area contributed by atoms with Crippen LogP contribution in [0.3, 0.4) is 0 Å². The molecule has 112 valence electrons. The third kappa shape index (κ3) is 2.74. The second kappa shape index (κ2) is 5.74. The molecule has 0 aliphatic carbocycles. The van der Waals surface area contributed by atoms with Crippen LogP contribution >= 0.6 is 22.9 Å². The van der Waals surface area contributed by atoms with Crippen LogP contribution in [0.1, 0.15) is 6.42 Å². The molecule has 1 aromatic carbocycles. The van der Waals surface area contributed by atoms with Gasteiger partial charge in [0.15, 0.2) is 0 Å². The summed E-state index contributed by atoms with van der Waals surface area (Å²) < 4.78 is 7.12. The Balaban J connectivity index is 1.47. The van der Waals surface area contributed by atoms with Crippen LogP contribution in [0, 0.1) is 0 Å². The van der Waals surface area contributed by atoms with Gasteiger partial charge in [-0.25, -0.2) is 4.98 Å². The highest BCUT2D eigenvalue weighted by Gasteiger charge is 2.25. The van der Waals surface area contributed by atoms with Crippen molar-refractivity contribution < 1.29 is 4.74 Å². The van der Waals surface area contributed by atoms with E-state index in [2.05, 4.69) is 14.9 Å². The van der Waals surface area contributed by atoms with E-state index >= 15 is 0 Å². The first-order valence-electron chi connectivity index (χ1n) is 7.16. The third-order valence-electron chi connectivity index (χ3n) is 3.77. The van der Waals surface area contributed by atoms with E-state index < -0.39 is 0 Å². The summed E-state index contributed by atoms with van der Waals surface area (Å²) in [5.41, 5.74) is 2.13. The molecule has 0 spiro atoms. The maximum absolute atomic E-state index is 6.06. The number of ether oxygens (including phenoxy) is 1. The lowest BCUT2D eigenvalue weighted by molar-refractivity contribution is 0.224. The highest BCUT2D eigenvalue weighted by Crippen LogP contribution is 2.31. The maximum atomic E-state index is 6.06. The zero-order valence-corrected chi connectivity index (χ0v) is 13.3. The number of rotatable bonds is 3. The summed E-state index contributed by atoms with van der Waals surface area (Å²) in [6.07, 6.45) is 4.81. The number of anilines is 1. The third-order valence-corrected chi connectivity index (χ3v) is 4.92. The van der Waals surface area contributed by atoms with Crippen LogP contribution in [0.4, 0.5) is 5.69 Å². The Kier molecular flexibility index (Phi) is 3.60. The van der Waals surface area contributed by atoms with Crippen molar-refractivity contribution in [2.24, 2.45) is 0 Å². The van der Waals surface area contributed by atoms with Crippen LogP contribution in [0.25, 0.3) is 10.2 Å². The number of benzene rings is 1. The second-order valence-corrected chi connectivity index (χ2v) is 6.70. The summed E-state index contributed by atoms with van der Waals surface area (Å²) in [6.45, 7) is 1.87. The fraction of sp³-hybridized carbons (Fsp3) is 0.250. The first kappa shape index (κ1) is 13.8. The molecule has 6 heteroatoms. The zero-order valence-electron chi connectivity index (χ0n) is 11.8. The van der Waals surface area contributed by atoms with Crippen molar-refractivity contribution in [3.63, 3.8) is 0 Å². The summed E-state index contributed by atoms with van der Waals surface area (Å²) in [5, 5.41) is 1.45. The predicted molar refractivity (Wildman–Crippen MR) is 90.1 cm³/mol. The number of nitrogens with zero attached hydrogens (tertiary/aromatic N) is 3. The molecule has 1 saturated heterocycles. The van der Waals surface area contributed by atoms with E-state index in [9.17, 15) is 0 Å². The average Bonchev–Trinajstić information content (AvgIpc) is 3.14. The van der Waals surface area contributed by atoms with Gasteiger partial charge in [-0.2, -0.15) is 0 Å². The lowest BCUT2D eigenvalue weighted by Crippen LogP contribution is -2.24. The summed E-state index contributed by atoms with van der Waals surface area (Å²) in [6, 6.07) is 9.77. The van der Waals surface area contributed by atoms with Gasteiger partial charge in [-0.3, -0.25) is 4.98 Å². The summed E-state index contributed by atoms with van der Waals surface area (Å²) in [5.74, 6) is 0. The quantitative estimate of drug-likeness (QED) is 0.727. The normalized spacial score (nSPS) is 18.0. The smallest absolute Gasteiger partial charge is 0.274 e.